The summed E-state index contributed by atoms with van der Waals surface area (Å²) >= 11 is 1.35. The lowest BCUT2D eigenvalue weighted by Gasteiger charge is -2.15. The fourth-order valence-electron chi connectivity index (χ4n) is 4.20. The first-order valence-electron chi connectivity index (χ1n) is 11.6. The Kier molecular flexibility index (Phi) is 6.91. The number of hydrogen-bond acceptors (Lipinski definition) is 6. The Bertz CT molecular complexity index is 1550. The van der Waals surface area contributed by atoms with E-state index in [2.05, 4.69) is 15.3 Å². The van der Waals surface area contributed by atoms with Crippen LogP contribution in [0.25, 0.3) is 11.0 Å². The average Bonchev–Trinajstić information content (AvgIpc) is 3.51. The van der Waals surface area contributed by atoms with Crippen molar-refractivity contribution < 1.29 is 18.3 Å². The molecule has 1 aromatic carbocycles. The zero-order valence-electron chi connectivity index (χ0n) is 20.1. The van der Waals surface area contributed by atoms with E-state index in [1.54, 1.807) is 24.5 Å². The Hall–Kier alpha value is -4.18. The van der Waals surface area contributed by atoms with Crippen molar-refractivity contribution in [2.75, 3.05) is 0 Å². The second kappa shape index (κ2) is 10.4. The second-order valence-electron chi connectivity index (χ2n) is 8.67. The highest BCUT2D eigenvalue weighted by Crippen LogP contribution is 2.33. The molecule has 188 valence electrons. The molecule has 4 heterocycles. The first kappa shape index (κ1) is 24.5. The molecule has 0 saturated heterocycles. The molecule has 0 spiro atoms. The first-order valence-corrected chi connectivity index (χ1v) is 12.5. The largest absolute Gasteiger partial charge is 0.412 e. The van der Waals surface area contributed by atoms with Gasteiger partial charge in [-0.25, -0.2) is 13.8 Å². The quantitative estimate of drug-likeness (QED) is 0.270. The van der Waals surface area contributed by atoms with Crippen molar-refractivity contribution in [3.63, 3.8) is 0 Å². The van der Waals surface area contributed by atoms with E-state index in [9.17, 15) is 13.6 Å². The van der Waals surface area contributed by atoms with Gasteiger partial charge in [0.15, 0.2) is 11.6 Å². The summed E-state index contributed by atoms with van der Waals surface area (Å²) in [5.74, 6) is -1.92. The normalized spacial score (nSPS) is 11.3. The lowest BCUT2D eigenvalue weighted by atomic mass is 10.0. The zero-order chi connectivity index (χ0) is 25.9. The van der Waals surface area contributed by atoms with Crippen molar-refractivity contribution in [3.05, 3.63) is 100 Å². The summed E-state index contributed by atoms with van der Waals surface area (Å²) in [6.45, 7) is 4.44. The highest BCUT2D eigenvalue weighted by molar-refractivity contribution is 7.11. The zero-order valence-corrected chi connectivity index (χ0v) is 20.9. The van der Waals surface area contributed by atoms with E-state index in [4.69, 9.17) is 9.72 Å². The van der Waals surface area contributed by atoms with Crippen molar-refractivity contribution in [1.82, 2.24) is 24.8 Å². The minimum absolute atomic E-state index is 0.0368. The number of hydrogen-bond donors (Lipinski definition) is 1. The predicted octanol–water partition coefficient (Wildman–Crippen LogP) is 6.06. The van der Waals surface area contributed by atoms with Gasteiger partial charge in [-0.3, -0.25) is 9.78 Å². The van der Waals surface area contributed by atoms with Gasteiger partial charge in [-0.1, -0.05) is 37.3 Å². The number of carbonyl (C=O) groups is 1. The van der Waals surface area contributed by atoms with Crippen molar-refractivity contribution in [1.29, 1.82) is 0 Å². The summed E-state index contributed by atoms with van der Waals surface area (Å²) in [5, 5.41) is 5.77. The van der Waals surface area contributed by atoms with Gasteiger partial charge in [-0.15, -0.1) is 0 Å². The molecule has 37 heavy (non-hydrogen) atoms. The Morgan fingerprint density at radius 3 is 2.65 bits per heavy atom. The van der Waals surface area contributed by atoms with Crippen molar-refractivity contribution in [2.24, 2.45) is 0 Å². The van der Waals surface area contributed by atoms with Crippen molar-refractivity contribution in [2.45, 2.75) is 32.9 Å². The van der Waals surface area contributed by atoms with Crippen LogP contribution >= 0.6 is 11.3 Å². The molecule has 5 aromatic rings. The third kappa shape index (κ3) is 5.19. The number of aromatic nitrogens is 4. The summed E-state index contributed by atoms with van der Waals surface area (Å²) in [6.07, 6.45) is 3.37. The summed E-state index contributed by atoms with van der Waals surface area (Å²) in [5.41, 5.74) is 3.08. The van der Waals surface area contributed by atoms with Gasteiger partial charge in [-0.2, -0.15) is 4.98 Å². The average molecular weight is 520 g/mol. The van der Waals surface area contributed by atoms with Crippen LogP contribution < -0.4 is 10.1 Å². The van der Waals surface area contributed by atoms with Crippen LogP contribution in [-0.4, -0.2) is 25.4 Å². The molecular weight excluding hydrogens is 496 g/mol. The van der Waals surface area contributed by atoms with Gasteiger partial charge in [0.05, 0.1) is 17.8 Å². The molecule has 0 radical (unpaired) electrons. The van der Waals surface area contributed by atoms with E-state index in [1.807, 2.05) is 42.0 Å². The van der Waals surface area contributed by atoms with Crippen LogP contribution in [0.3, 0.4) is 0 Å². The van der Waals surface area contributed by atoms with Gasteiger partial charge >= 0.3 is 0 Å². The van der Waals surface area contributed by atoms with Crippen LogP contribution in [0.4, 0.5) is 8.78 Å². The summed E-state index contributed by atoms with van der Waals surface area (Å²) in [6, 6.07) is 12.7. The molecule has 0 saturated carbocycles. The van der Waals surface area contributed by atoms with Crippen molar-refractivity contribution in [3.8, 4) is 11.1 Å². The van der Waals surface area contributed by atoms with Crippen LogP contribution in [0.15, 0.2) is 66.3 Å². The molecule has 4 aromatic heterocycles. The lowest BCUT2D eigenvalue weighted by Crippen LogP contribution is -2.24. The van der Waals surface area contributed by atoms with Crippen LogP contribution in [0.2, 0.25) is 0 Å². The minimum Gasteiger partial charge on any atom is -0.412 e. The Balaban J connectivity index is 1.57. The molecule has 1 amide bonds. The molecule has 1 N–H and O–H groups in total. The van der Waals surface area contributed by atoms with E-state index in [1.165, 1.54) is 17.4 Å². The first-order chi connectivity index (χ1) is 17.9. The molecule has 0 aliphatic rings. The van der Waals surface area contributed by atoms with Gasteiger partial charge in [0.2, 0.25) is 5.88 Å². The monoisotopic (exact) mass is 519 g/mol. The number of benzene rings is 1. The molecule has 0 aliphatic heterocycles. The highest BCUT2D eigenvalue weighted by atomic mass is 32.1. The number of carbonyl (C=O) groups excluding carboxylic acids is 1. The predicted molar refractivity (Wildman–Crippen MR) is 137 cm³/mol. The number of pyridine rings is 2. The Morgan fingerprint density at radius 1 is 1.08 bits per heavy atom. The third-order valence-electron chi connectivity index (χ3n) is 5.78. The Labute approximate surface area is 215 Å². The van der Waals surface area contributed by atoms with Gasteiger partial charge < -0.3 is 14.6 Å². The number of amides is 1. The number of ether oxygens (including phenoxy) is 1. The number of halogens is 2. The molecule has 0 atom stereocenters. The van der Waals surface area contributed by atoms with Crippen LogP contribution in [0, 0.1) is 11.6 Å². The summed E-state index contributed by atoms with van der Waals surface area (Å²) < 4.78 is 34.8. The molecule has 0 bridgehead atoms. The number of rotatable bonds is 8. The SMILES string of the molecule is CC(C)c1c(C(=O)NCc2ccc(F)c(F)c2)c2ccc(Oc3nccs3)nc2n1Cc1ccccn1. The maximum Gasteiger partial charge on any atom is 0.279 e. The topological polar surface area (TPSA) is 81.9 Å². The van der Waals surface area contributed by atoms with Gasteiger partial charge in [0.1, 0.15) is 5.65 Å². The molecule has 0 unspecified atom stereocenters. The van der Waals surface area contributed by atoms with Gasteiger partial charge in [-0.05, 0) is 41.8 Å². The number of fused-ring (bicyclic) bond motifs is 1. The number of thiazole rings is 1. The number of nitrogens with one attached hydrogen (secondary N) is 1. The molecule has 5 rings (SSSR count). The fourth-order valence-corrected chi connectivity index (χ4v) is 4.69. The van der Waals surface area contributed by atoms with Gasteiger partial charge in [0.25, 0.3) is 11.1 Å². The van der Waals surface area contributed by atoms with E-state index < -0.39 is 11.6 Å². The molecule has 7 nitrogen and oxygen atoms in total. The minimum atomic E-state index is -0.960. The van der Waals surface area contributed by atoms with E-state index in [0.29, 0.717) is 39.8 Å². The van der Waals surface area contributed by atoms with E-state index in [0.717, 1.165) is 23.5 Å². The second-order valence-corrected chi connectivity index (χ2v) is 9.53. The van der Waals surface area contributed by atoms with Crippen LogP contribution in [-0.2, 0) is 13.1 Å². The van der Waals surface area contributed by atoms with Crippen LogP contribution in [0.1, 0.15) is 47.1 Å². The van der Waals surface area contributed by atoms with Gasteiger partial charge in [0, 0.05) is 41.5 Å². The van der Waals surface area contributed by atoms with Crippen molar-refractivity contribution >= 4 is 28.3 Å². The smallest absolute Gasteiger partial charge is 0.279 e. The van der Waals surface area contributed by atoms with E-state index in [-0.39, 0.29) is 18.4 Å². The maximum absolute atomic E-state index is 13.7. The molecule has 0 fully saturated rings. The summed E-state index contributed by atoms with van der Waals surface area (Å²) in [4.78, 5) is 26.9. The molecule has 0 aliphatic carbocycles. The number of nitrogens with zero attached hydrogens (tertiary/aromatic N) is 4. The third-order valence-corrected chi connectivity index (χ3v) is 6.43. The van der Waals surface area contributed by atoms with E-state index >= 15 is 0 Å². The fraction of sp³-hybridized carbons (Fsp3) is 0.185. The lowest BCUT2D eigenvalue weighted by molar-refractivity contribution is 0.0951. The molecule has 10 heteroatoms. The maximum atomic E-state index is 13.7. The standard InChI is InChI=1S/C27H23F2N5O2S/c1-16(2)24-23(26(35)32-14-17-6-8-20(28)21(29)13-17)19-7-9-22(36-27-31-11-12-37-27)33-25(19)34(24)15-18-5-3-4-10-30-18/h3-13,16H,14-15H2,1-2H3,(H,32,35). The Morgan fingerprint density at radius 2 is 1.95 bits per heavy atom. The van der Waals surface area contributed by atoms with Crippen LogP contribution in [0.5, 0.6) is 11.1 Å². The molecular formula is C27H23F2N5O2S. The highest BCUT2D eigenvalue weighted by Gasteiger charge is 2.26. The summed E-state index contributed by atoms with van der Waals surface area (Å²) in [7, 11) is 0.